The third kappa shape index (κ3) is 2.58. The quantitative estimate of drug-likeness (QED) is 0.620. The smallest absolute Gasteiger partial charge is 0.225 e. The predicted octanol–water partition coefficient (Wildman–Crippen LogP) is 0.203. The van der Waals surface area contributed by atoms with Gasteiger partial charge in [-0.15, -0.1) is 0 Å². The maximum absolute atomic E-state index is 11.5. The first-order valence-electron chi connectivity index (χ1n) is 4.79. The van der Waals surface area contributed by atoms with E-state index >= 15 is 0 Å². The molecular formula is C10H16N2O2. The number of nitrogens with one attached hydrogen (secondary N) is 2. The maximum Gasteiger partial charge on any atom is 0.225 e. The van der Waals surface area contributed by atoms with Gasteiger partial charge in [0.15, 0.2) is 0 Å². The van der Waals surface area contributed by atoms with Crippen molar-refractivity contribution < 1.29 is 9.59 Å². The van der Waals surface area contributed by atoms with Crippen LogP contribution in [0.25, 0.3) is 0 Å². The predicted molar refractivity (Wildman–Crippen MR) is 53.5 cm³/mol. The average Bonchev–Trinajstić information content (AvgIpc) is 2.16. The largest absolute Gasteiger partial charge is 0.359 e. The van der Waals surface area contributed by atoms with Crippen molar-refractivity contribution in [2.24, 2.45) is 5.92 Å². The molecule has 1 rings (SSSR count). The lowest BCUT2D eigenvalue weighted by atomic mass is 9.88. The van der Waals surface area contributed by atoms with Gasteiger partial charge >= 0.3 is 0 Å². The second-order valence-corrected chi connectivity index (χ2v) is 3.47. The van der Waals surface area contributed by atoms with Gasteiger partial charge in [0.1, 0.15) is 0 Å². The third-order valence-electron chi connectivity index (χ3n) is 2.40. The molecule has 0 aliphatic heterocycles. The zero-order valence-corrected chi connectivity index (χ0v) is 8.54. The van der Waals surface area contributed by atoms with Crippen LogP contribution < -0.4 is 10.6 Å². The maximum atomic E-state index is 11.5. The standard InChI is InChI=1S/C10H16N2O2/c1-7(13)12-9-6-4-3-5-8(9)10(14)11-2/h3-4,8-9H,5-6H2,1-2H3,(H,11,14)(H,12,13). The second-order valence-electron chi connectivity index (χ2n) is 3.47. The fourth-order valence-electron chi connectivity index (χ4n) is 1.71. The van der Waals surface area contributed by atoms with Gasteiger partial charge in [-0.2, -0.15) is 0 Å². The van der Waals surface area contributed by atoms with Crippen LogP contribution in [0.2, 0.25) is 0 Å². The Labute approximate surface area is 83.8 Å². The van der Waals surface area contributed by atoms with E-state index in [4.69, 9.17) is 0 Å². The Balaban J connectivity index is 2.65. The van der Waals surface area contributed by atoms with Crippen molar-refractivity contribution in [3.8, 4) is 0 Å². The van der Waals surface area contributed by atoms with Crippen LogP contribution in [-0.2, 0) is 9.59 Å². The molecule has 0 aromatic rings. The molecular weight excluding hydrogens is 180 g/mol. The summed E-state index contributed by atoms with van der Waals surface area (Å²) in [6.45, 7) is 1.47. The minimum atomic E-state index is -0.131. The minimum absolute atomic E-state index is 0.00639. The SMILES string of the molecule is CNC(=O)C1CC=CCC1NC(C)=O. The number of carbonyl (C=O) groups excluding carboxylic acids is 2. The van der Waals surface area contributed by atoms with Crippen LogP contribution >= 0.6 is 0 Å². The molecule has 0 saturated heterocycles. The van der Waals surface area contributed by atoms with E-state index in [1.54, 1.807) is 7.05 Å². The number of amides is 2. The van der Waals surface area contributed by atoms with E-state index in [-0.39, 0.29) is 23.8 Å². The van der Waals surface area contributed by atoms with Crippen molar-refractivity contribution in [3.63, 3.8) is 0 Å². The van der Waals surface area contributed by atoms with Gasteiger partial charge in [-0.05, 0) is 12.8 Å². The molecule has 0 radical (unpaired) electrons. The normalized spacial score (nSPS) is 25.6. The first-order chi connectivity index (χ1) is 6.65. The summed E-state index contributed by atoms with van der Waals surface area (Å²) < 4.78 is 0. The summed E-state index contributed by atoms with van der Waals surface area (Å²) in [5.41, 5.74) is 0. The van der Waals surface area contributed by atoms with Crippen molar-refractivity contribution >= 4 is 11.8 Å². The lowest BCUT2D eigenvalue weighted by molar-refractivity contribution is -0.126. The first-order valence-corrected chi connectivity index (χ1v) is 4.79. The highest BCUT2D eigenvalue weighted by atomic mass is 16.2. The van der Waals surface area contributed by atoms with Gasteiger partial charge in [0.05, 0.1) is 5.92 Å². The highest BCUT2D eigenvalue weighted by Crippen LogP contribution is 2.19. The molecule has 0 spiro atoms. The fourth-order valence-corrected chi connectivity index (χ4v) is 1.71. The Morgan fingerprint density at radius 2 is 1.93 bits per heavy atom. The highest BCUT2D eigenvalue weighted by molar-refractivity contribution is 5.81. The molecule has 0 fully saturated rings. The average molecular weight is 196 g/mol. The monoisotopic (exact) mass is 196 g/mol. The second kappa shape index (κ2) is 4.79. The number of rotatable bonds is 2. The summed E-state index contributed by atoms with van der Waals surface area (Å²) in [5.74, 6) is -0.221. The minimum Gasteiger partial charge on any atom is -0.359 e. The van der Waals surface area contributed by atoms with Crippen molar-refractivity contribution in [2.75, 3.05) is 7.05 Å². The number of allylic oxidation sites excluding steroid dienone is 1. The van der Waals surface area contributed by atoms with Gasteiger partial charge in [0, 0.05) is 20.0 Å². The van der Waals surface area contributed by atoms with Crippen LogP contribution in [0, 0.1) is 5.92 Å². The third-order valence-corrected chi connectivity index (χ3v) is 2.40. The van der Waals surface area contributed by atoms with E-state index in [2.05, 4.69) is 10.6 Å². The Kier molecular flexibility index (Phi) is 3.68. The van der Waals surface area contributed by atoms with E-state index in [9.17, 15) is 9.59 Å². The summed E-state index contributed by atoms with van der Waals surface area (Å²) in [5, 5.41) is 5.41. The fraction of sp³-hybridized carbons (Fsp3) is 0.600. The van der Waals surface area contributed by atoms with Gasteiger partial charge < -0.3 is 10.6 Å². The summed E-state index contributed by atoms with van der Waals surface area (Å²) in [6, 6.07) is -0.0579. The molecule has 4 heteroatoms. The van der Waals surface area contributed by atoms with E-state index in [1.165, 1.54) is 6.92 Å². The van der Waals surface area contributed by atoms with E-state index in [0.717, 1.165) is 6.42 Å². The van der Waals surface area contributed by atoms with E-state index in [0.29, 0.717) is 6.42 Å². The van der Waals surface area contributed by atoms with Gasteiger partial charge in [0.2, 0.25) is 11.8 Å². The van der Waals surface area contributed by atoms with Crippen LogP contribution in [0.1, 0.15) is 19.8 Å². The molecule has 0 heterocycles. The molecule has 0 saturated carbocycles. The number of hydrogen-bond acceptors (Lipinski definition) is 2. The Morgan fingerprint density at radius 1 is 1.29 bits per heavy atom. The molecule has 78 valence electrons. The molecule has 0 aromatic heterocycles. The zero-order valence-electron chi connectivity index (χ0n) is 8.54. The van der Waals surface area contributed by atoms with Crippen LogP contribution in [0.5, 0.6) is 0 Å². The Bertz CT molecular complexity index is 261. The Morgan fingerprint density at radius 3 is 2.50 bits per heavy atom. The van der Waals surface area contributed by atoms with Crippen LogP contribution in [0.4, 0.5) is 0 Å². The van der Waals surface area contributed by atoms with Crippen molar-refractivity contribution in [2.45, 2.75) is 25.8 Å². The van der Waals surface area contributed by atoms with Gasteiger partial charge in [0.25, 0.3) is 0 Å². The Hall–Kier alpha value is -1.32. The molecule has 1 aliphatic rings. The molecule has 2 N–H and O–H groups in total. The van der Waals surface area contributed by atoms with Crippen molar-refractivity contribution in [1.29, 1.82) is 0 Å². The summed E-state index contributed by atoms with van der Waals surface area (Å²) in [6.07, 6.45) is 5.42. The zero-order chi connectivity index (χ0) is 10.6. The molecule has 2 amide bonds. The van der Waals surface area contributed by atoms with E-state index in [1.807, 2.05) is 12.2 Å². The first kappa shape index (κ1) is 10.8. The van der Waals surface area contributed by atoms with Gasteiger partial charge in [-0.25, -0.2) is 0 Å². The number of carbonyl (C=O) groups is 2. The molecule has 4 nitrogen and oxygen atoms in total. The van der Waals surface area contributed by atoms with Gasteiger partial charge in [-0.3, -0.25) is 9.59 Å². The summed E-state index contributed by atoms with van der Waals surface area (Å²) >= 11 is 0. The van der Waals surface area contributed by atoms with Crippen LogP contribution in [-0.4, -0.2) is 24.9 Å². The van der Waals surface area contributed by atoms with E-state index < -0.39 is 0 Å². The summed E-state index contributed by atoms with van der Waals surface area (Å²) in [7, 11) is 1.62. The molecule has 2 atom stereocenters. The number of hydrogen-bond donors (Lipinski definition) is 2. The molecule has 1 aliphatic carbocycles. The molecule has 0 bridgehead atoms. The summed E-state index contributed by atoms with van der Waals surface area (Å²) in [4.78, 5) is 22.4. The van der Waals surface area contributed by atoms with Gasteiger partial charge in [-0.1, -0.05) is 12.2 Å². The topological polar surface area (TPSA) is 58.2 Å². The van der Waals surface area contributed by atoms with Crippen LogP contribution in [0.3, 0.4) is 0 Å². The lowest BCUT2D eigenvalue weighted by Crippen LogP contribution is -2.46. The molecule has 0 aromatic carbocycles. The van der Waals surface area contributed by atoms with Crippen LogP contribution in [0.15, 0.2) is 12.2 Å². The molecule has 14 heavy (non-hydrogen) atoms. The lowest BCUT2D eigenvalue weighted by Gasteiger charge is -2.27. The van der Waals surface area contributed by atoms with Crippen molar-refractivity contribution in [3.05, 3.63) is 12.2 Å². The van der Waals surface area contributed by atoms with Crippen molar-refractivity contribution in [1.82, 2.24) is 10.6 Å². The molecule has 2 unspecified atom stereocenters. The highest BCUT2D eigenvalue weighted by Gasteiger charge is 2.28.